The van der Waals surface area contributed by atoms with E-state index in [1.54, 1.807) is 24.3 Å². The van der Waals surface area contributed by atoms with Crippen molar-refractivity contribution in [1.29, 1.82) is 0 Å². The van der Waals surface area contributed by atoms with E-state index in [4.69, 9.17) is 4.74 Å². The van der Waals surface area contributed by atoms with Gasteiger partial charge in [0.15, 0.2) is 6.10 Å². The van der Waals surface area contributed by atoms with Gasteiger partial charge in [0.1, 0.15) is 5.75 Å². The highest BCUT2D eigenvalue weighted by molar-refractivity contribution is 5.96. The van der Waals surface area contributed by atoms with E-state index in [0.717, 1.165) is 6.42 Å². The van der Waals surface area contributed by atoms with E-state index in [1.807, 2.05) is 31.2 Å². The van der Waals surface area contributed by atoms with Crippen molar-refractivity contribution in [2.24, 2.45) is 0 Å². The molecule has 0 aliphatic rings. The molecule has 1 unspecified atom stereocenters. The van der Waals surface area contributed by atoms with E-state index in [9.17, 15) is 9.59 Å². The average molecular weight is 341 g/mol. The Bertz CT molecular complexity index is 725. The van der Waals surface area contributed by atoms with Crippen LogP contribution in [0, 0.1) is 0 Å². The summed E-state index contributed by atoms with van der Waals surface area (Å²) in [5.74, 6) is -0.0537. The van der Waals surface area contributed by atoms with Gasteiger partial charge in [0, 0.05) is 5.69 Å². The van der Waals surface area contributed by atoms with Crippen molar-refractivity contribution in [3.05, 3.63) is 59.7 Å². The fourth-order valence-corrected chi connectivity index (χ4v) is 2.35. The zero-order valence-corrected chi connectivity index (χ0v) is 14.7. The molecule has 25 heavy (non-hydrogen) atoms. The monoisotopic (exact) mass is 341 g/mol. The second kappa shape index (κ2) is 8.87. The Morgan fingerprint density at radius 1 is 1.08 bits per heavy atom. The number of aryl methyl sites for hydroxylation is 1. The molecule has 2 aromatic rings. The van der Waals surface area contributed by atoms with E-state index in [-0.39, 0.29) is 5.91 Å². The molecule has 0 fully saturated rings. The number of carbonyl (C=O) groups is 2. The maximum Gasteiger partial charge on any atom is 0.337 e. The first-order valence-electron chi connectivity index (χ1n) is 8.32. The first-order chi connectivity index (χ1) is 12.1. The van der Waals surface area contributed by atoms with Gasteiger partial charge >= 0.3 is 5.97 Å². The Kier molecular flexibility index (Phi) is 6.57. The van der Waals surface area contributed by atoms with Crippen molar-refractivity contribution in [3.63, 3.8) is 0 Å². The maximum atomic E-state index is 12.5. The number of hydrogen-bond acceptors (Lipinski definition) is 4. The van der Waals surface area contributed by atoms with Crippen LogP contribution in [0.15, 0.2) is 48.5 Å². The van der Waals surface area contributed by atoms with Crippen molar-refractivity contribution in [2.45, 2.75) is 32.8 Å². The Labute approximate surface area is 148 Å². The summed E-state index contributed by atoms with van der Waals surface area (Å²) >= 11 is 0. The van der Waals surface area contributed by atoms with Crippen LogP contribution in [-0.2, 0) is 16.0 Å². The van der Waals surface area contributed by atoms with Gasteiger partial charge in [-0.2, -0.15) is 0 Å². The molecule has 1 amide bonds. The normalized spacial score (nSPS) is 11.5. The van der Waals surface area contributed by atoms with Crippen LogP contribution in [0.3, 0.4) is 0 Å². The number of anilines is 1. The number of hydrogen-bond donors (Lipinski definition) is 1. The molecule has 132 valence electrons. The van der Waals surface area contributed by atoms with Gasteiger partial charge in [-0.3, -0.25) is 4.79 Å². The predicted octanol–water partition coefficient (Wildman–Crippen LogP) is 3.83. The molecule has 2 aromatic carbocycles. The quantitative estimate of drug-likeness (QED) is 0.777. The standard InChI is InChI=1S/C20H23NO4/c1-4-14-9-11-17(12-10-14)25-18(5-2)19(22)21-16-8-6-7-15(13-16)20(23)24-3/h6-13,18H,4-5H2,1-3H3,(H,21,22). The smallest absolute Gasteiger partial charge is 0.337 e. The largest absolute Gasteiger partial charge is 0.481 e. The second-order valence-corrected chi connectivity index (χ2v) is 5.57. The second-order valence-electron chi connectivity index (χ2n) is 5.57. The third-order valence-electron chi connectivity index (χ3n) is 3.82. The molecule has 0 spiro atoms. The van der Waals surface area contributed by atoms with Gasteiger partial charge < -0.3 is 14.8 Å². The lowest BCUT2D eigenvalue weighted by atomic mass is 10.1. The minimum Gasteiger partial charge on any atom is -0.481 e. The van der Waals surface area contributed by atoms with Crippen LogP contribution in [0.1, 0.15) is 36.2 Å². The number of nitrogens with one attached hydrogen (secondary N) is 1. The molecule has 0 aliphatic heterocycles. The van der Waals surface area contributed by atoms with Crippen LogP contribution in [0.2, 0.25) is 0 Å². The molecule has 5 heteroatoms. The number of ether oxygens (including phenoxy) is 2. The fraction of sp³-hybridized carbons (Fsp3) is 0.300. The summed E-state index contributed by atoms with van der Waals surface area (Å²) in [7, 11) is 1.32. The molecule has 0 saturated carbocycles. The number of benzene rings is 2. The number of amides is 1. The first kappa shape index (κ1) is 18.5. The lowest BCUT2D eigenvalue weighted by Crippen LogP contribution is -2.32. The molecule has 0 heterocycles. The van der Waals surface area contributed by atoms with Crippen molar-refractivity contribution < 1.29 is 19.1 Å². The molecule has 0 aliphatic carbocycles. The van der Waals surface area contributed by atoms with Crippen LogP contribution in [0.5, 0.6) is 5.75 Å². The van der Waals surface area contributed by atoms with Gasteiger partial charge in [-0.25, -0.2) is 4.79 Å². The first-order valence-corrected chi connectivity index (χ1v) is 8.32. The van der Waals surface area contributed by atoms with Crippen LogP contribution < -0.4 is 10.1 Å². The fourth-order valence-electron chi connectivity index (χ4n) is 2.35. The summed E-state index contributed by atoms with van der Waals surface area (Å²) in [6.07, 6.45) is 0.862. The lowest BCUT2D eigenvalue weighted by Gasteiger charge is -2.17. The third-order valence-corrected chi connectivity index (χ3v) is 3.82. The highest BCUT2D eigenvalue weighted by atomic mass is 16.5. The van der Waals surface area contributed by atoms with Crippen molar-refractivity contribution in [3.8, 4) is 5.75 Å². The zero-order valence-electron chi connectivity index (χ0n) is 14.7. The van der Waals surface area contributed by atoms with Gasteiger partial charge in [0.25, 0.3) is 5.91 Å². The van der Waals surface area contributed by atoms with Crippen molar-refractivity contribution in [2.75, 3.05) is 12.4 Å². The maximum absolute atomic E-state index is 12.5. The summed E-state index contributed by atoms with van der Waals surface area (Å²) in [5.41, 5.74) is 2.12. The van der Waals surface area contributed by atoms with Gasteiger partial charge in [-0.15, -0.1) is 0 Å². The summed E-state index contributed by atoms with van der Waals surface area (Å²) in [6, 6.07) is 14.3. The number of carbonyl (C=O) groups excluding carboxylic acids is 2. The Morgan fingerprint density at radius 2 is 1.80 bits per heavy atom. The van der Waals surface area contributed by atoms with E-state index in [1.165, 1.54) is 12.7 Å². The van der Waals surface area contributed by atoms with Crippen LogP contribution in [-0.4, -0.2) is 25.1 Å². The van der Waals surface area contributed by atoms with Gasteiger partial charge in [-0.1, -0.05) is 32.0 Å². The Hall–Kier alpha value is -2.82. The molecular weight excluding hydrogens is 318 g/mol. The minimum absolute atomic E-state index is 0.260. The molecule has 5 nitrogen and oxygen atoms in total. The third kappa shape index (κ3) is 5.08. The average Bonchev–Trinajstić information content (AvgIpc) is 2.66. The summed E-state index contributed by atoms with van der Waals surface area (Å²) in [4.78, 5) is 24.0. The van der Waals surface area contributed by atoms with Crippen molar-refractivity contribution in [1.82, 2.24) is 0 Å². The summed E-state index contributed by atoms with van der Waals surface area (Å²) in [6.45, 7) is 3.97. The Balaban J connectivity index is 2.05. The van der Waals surface area contributed by atoms with Crippen LogP contribution in [0.4, 0.5) is 5.69 Å². The van der Waals surface area contributed by atoms with E-state index >= 15 is 0 Å². The molecule has 1 N–H and O–H groups in total. The molecule has 0 saturated heterocycles. The van der Waals surface area contributed by atoms with Crippen LogP contribution >= 0.6 is 0 Å². The van der Waals surface area contributed by atoms with E-state index in [0.29, 0.717) is 23.4 Å². The molecule has 0 radical (unpaired) electrons. The number of rotatable bonds is 7. The lowest BCUT2D eigenvalue weighted by molar-refractivity contribution is -0.122. The van der Waals surface area contributed by atoms with Gasteiger partial charge in [0.2, 0.25) is 0 Å². The van der Waals surface area contributed by atoms with Crippen molar-refractivity contribution >= 4 is 17.6 Å². The van der Waals surface area contributed by atoms with Gasteiger partial charge in [-0.05, 0) is 48.7 Å². The molecule has 2 rings (SSSR count). The molecule has 1 atom stereocenters. The predicted molar refractivity (Wildman–Crippen MR) is 96.9 cm³/mol. The van der Waals surface area contributed by atoms with Crippen LogP contribution in [0.25, 0.3) is 0 Å². The SMILES string of the molecule is CCc1ccc(OC(CC)C(=O)Nc2cccc(C(=O)OC)c2)cc1. The summed E-state index contributed by atoms with van der Waals surface area (Å²) in [5, 5.41) is 2.78. The molecule has 0 aromatic heterocycles. The van der Waals surface area contributed by atoms with E-state index in [2.05, 4.69) is 17.0 Å². The molecular formula is C20H23NO4. The van der Waals surface area contributed by atoms with Gasteiger partial charge in [0.05, 0.1) is 12.7 Å². The zero-order chi connectivity index (χ0) is 18.2. The molecule has 0 bridgehead atoms. The number of esters is 1. The number of methoxy groups -OCH3 is 1. The topological polar surface area (TPSA) is 64.6 Å². The Morgan fingerprint density at radius 3 is 2.40 bits per heavy atom. The van der Waals surface area contributed by atoms with E-state index < -0.39 is 12.1 Å². The summed E-state index contributed by atoms with van der Waals surface area (Å²) < 4.78 is 10.5. The highest BCUT2D eigenvalue weighted by Gasteiger charge is 2.19. The minimum atomic E-state index is -0.616. The highest BCUT2D eigenvalue weighted by Crippen LogP contribution is 2.17.